The van der Waals surface area contributed by atoms with Crippen molar-refractivity contribution in [3.05, 3.63) is 123 Å². The number of benzene rings is 3. The molecule has 3 N–H and O–H groups in total. The van der Waals surface area contributed by atoms with Crippen molar-refractivity contribution in [2.75, 3.05) is 13.6 Å². The predicted molar refractivity (Wildman–Crippen MR) is 168 cm³/mol. The Kier molecular flexibility index (Phi) is 11.0. The number of amides is 2. The van der Waals surface area contributed by atoms with Gasteiger partial charge in [0.1, 0.15) is 5.01 Å². The van der Waals surface area contributed by atoms with Gasteiger partial charge in [0, 0.05) is 42.3 Å². The fourth-order valence-corrected chi connectivity index (χ4v) is 5.48. The van der Waals surface area contributed by atoms with Crippen molar-refractivity contribution in [2.45, 2.75) is 58.3 Å². The summed E-state index contributed by atoms with van der Waals surface area (Å²) in [5, 5.41) is 20.4. The van der Waals surface area contributed by atoms with E-state index in [1.165, 1.54) is 16.9 Å². The lowest BCUT2D eigenvalue weighted by molar-refractivity contribution is 0.0784. The van der Waals surface area contributed by atoms with E-state index < -0.39 is 12.1 Å². The molecule has 0 unspecified atom stereocenters. The van der Waals surface area contributed by atoms with Crippen molar-refractivity contribution < 1.29 is 14.7 Å². The smallest absolute Gasteiger partial charge is 0.253 e. The molecule has 4 aromatic rings. The Morgan fingerprint density at radius 1 is 1.02 bits per heavy atom. The number of carbonyl (C=O) groups is 2. The molecule has 0 spiro atoms. The summed E-state index contributed by atoms with van der Waals surface area (Å²) in [6.45, 7) is 7.49. The van der Waals surface area contributed by atoms with E-state index in [-0.39, 0.29) is 11.8 Å². The number of nitrogens with one attached hydrogen (secondary N) is 2. The molecule has 0 saturated heterocycles. The molecular weight excluding hydrogens is 544 g/mol. The van der Waals surface area contributed by atoms with Gasteiger partial charge in [0.05, 0.1) is 18.7 Å². The highest BCUT2D eigenvalue weighted by Gasteiger charge is 2.23. The maximum Gasteiger partial charge on any atom is 0.253 e. The Morgan fingerprint density at radius 2 is 1.79 bits per heavy atom. The van der Waals surface area contributed by atoms with Crippen LogP contribution in [0, 0.1) is 13.0 Å². The fraction of sp³-hybridized carbons (Fsp3) is 0.324. The first-order valence-electron chi connectivity index (χ1n) is 14.2. The number of hydrogen-bond acceptors (Lipinski definition) is 6. The molecule has 0 bridgehead atoms. The van der Waals surface area contributed by atoms with Crippen molar-refractivity contribution in [1.29, 1.82) is 0 Å². The molecule has 219 valence electrons. The number of nitrogens with zero attached hydrogens (tertiary/aromatic N) is 2. The number of aliphatic hydroxyl groups excluding tert-OH is 1. The van der Waals surface area contributed by atoms with Gasteiger partial charge in [0.15, 0.2) is 0 Å². The van der Waals surface area contributed by atoms with Crippen molar-refractivity contribution in [3.8, 4) is 0 Å². The van der Waals surface area contributed by atoms with Crippen LogP contribution in [0.3, 0.4) is 0 Å². The lowest BCUT2D eigenvalue weighted by Crippen LogP contribution is -2.48. The Bertz CT molecular complexity index is 1470. The summed E-state index contributed by atoms with van der Waals surface area (Å²) in [6, 6.07) is 25.2. The predicted octanol–water partition coefficient (Wildman–Crippen LogP) is 5.14. The summed E-state index contributed by atoms with van der Waals surface area (Å²) in [6.07, 6.45) is -0.384. The SMILES string of the molecule is Cc1csc(CN(C)C(=O)c2cccc(C(=O)N[C@@H](Cc3ccccc3)[C@H](O)CNCc3c[c]cc(C(C)C)c3)c2)n1. The minimum absolute atomic E-state index is 0.193. The second-order valence-corrected chi connectivity index (χ2v) is 11.9. The van der Waals surface area contributed by atoms with Gasteiger partial charge in [0.25, 0.3) is 11.8 Å². The van der Waals surface area contributed by atoms with Gasteiger partial charge in [-0.25, -0.2) is 4.98 Å². The number of aromatic nitrogens is 1. The summed E-state index contributed by atoms with van der Waals surface area (Å²) in [5.74, 6) is -0.128. The Balaban J connectivity index is 1.42. The van der Waals surface area contributed by atoms with E-state index in [1.807, 2.05) is 54.8 Å². The number of aliphatic hydroxyl groups is 1. The van der Waals surface area contributed by atoms with Gasteiger partial charge >= 0.3 is 0 Å². The van der Waals surface area contributed by atoms with E-state index in [0.29, 0.717) is 43.1 Å². The highest BCUT2D eigenvalue weighted by atomic mass is 32.1. The quantitative estimate of drug-likeness (QED) is 0.203. The Hall–Kier alpha value is -3.85. The van der Waals surface area contributed by atoms with E-state index >= 15 is 0 Å². The maximum absolute atomic E-state index is 13.4. The molecule has 1 heterocycles. The molecule has 4 rings (SSSR count). The van der Waals surface area contributed by atoms with Gasteiger partial charge in [-0.05, 0) is 66.3 Å². The van der Waals surface area contributed by atoms with Crippen LogP contribution >= 0.6 is 11.3 Å². The van der Waals surface area contributed by atoms with Crippen LogP contribution < -0.4 is 10.6 Å². The van der Waals surface area contributed by atoms with Crippen LogP contribution in [0.25, 0.3) is 0 Å². The van der Waals surface area contributed by atoms with E-state index in [1.54, 1.807) is 36.2 Å². The molecule has 3 aromatic carbocycles. The number of thiazole rings is 1. The first kappa shape index (κ1) is 31.1. The molecule has 0 saturated carbocycles. The van der Waals surface area contributed by atoms with Crippen molar-refractivity contribution in [3.63, 3.8) is 0 Å². The van der Waals surface area contributed by atoms with Gasteiger partial charge in [-0.3, -0.25) is 9.59 Å². The fourth-order valence-electron chi connectivity index (χ4n) is 4.65. The van der Waals surface area contributed by atoms with Gasteiger partial charge < -0.3 is 20.6 Å². The molecule has 1 radical (unpaired) electrons. The van der Waals surface area contributed by atoms with Crippen molar-refractivity contribution >= 4 is 23.2 Å². The minimum Gasteiger partial charge on any atom is -0.390 e. The summed E-state index contributed by atoms with van der Waals surface area (Å²) in [7, 11) is 1.72. The monoisotopic (exact) mass is 583 g/mol. The van der Waals surface area contributed by atoms with Gasteiger partial charge in [-0.15, -0.1) is 11.3 Å². The Labute approximate surface area is 252 Å². The van der Waals surface area contributed by atoms with Crippen LogP contribution in [0.5, 0.6) is 0 Å². The zero-order valence-corrected chi connectivity index (χ0v) is 25.4. The van der Waals surface area contributed by atoms with Crippen molar-refractivity contribution in [2.24, 2.45) is 0 Å². The summed E-state index contributed by atoms with van der Waals surface area (Å²) in [4.78, 5) is 32.6. The first-order chi connectivity index (χ1) is 20.2. The molecule has 0 aliphatic heterocycles. The summed E-state index contributed by atoms with van der Waals surface area (Å²) >= 11 is 1.51. The third kappa shape index (κ3) is 8.82. The van der Waals surface area contributed by atoms with Gasteiger partial charge in [0.2, 0.25) is 0 Å². The van der Waals surface area contributed by atoms with Gasteiger partial charge in [-0.1, -0.05) is 62.4 Å². The standard InChI is InChI=1S/C34H39N4O3S/c1-23(2)27-13-8-12-26(16-27)19-35-20-31(39)30(17-25-10-6-5-7-11-25)37-33(40)28-14-9-15-29(18-28)34(41)38(4)21-32-36-24(3)22-42-32/h5-7,9-16,18,22-23,30-31,35,39H,17,19-21H2,1-4H3,(H,37,40)/t30-,31+/m0/s1. The minimum atomic E-state index is -0.843. The lowest BCUT2D eigenvalue weighted by Gasteiger charge is -2.25. The molecule has 42 heavy (non-hydrogen) atoms. The number of aryl methyl sites for hydroxylation is 1. The first-order valence-corrected chi connectivity index (χ1v) is 15.1. The molecule has 0 aliphatic carbocycles. The van der Waals surface area contributed by atoms with E-state index in [9.17, 15) is 14.7 Å². The zero-order chi connectivity index (χ0) is 30.1. The average molecular weight is 584 g/mol. The van der Waals surface area contributed by atoms with Crippen LogP contribution in [-0.2, 0) is 19.5 Å². The zero-order valence-electron chi connectivity index (χ0n) is 24.6. The van der Waals surface area contributed by atoms with Gasteiger partial charge in [-0.2, -0.15) is 0 Å². The summed E-state index contributed by atoms with van der Waals surface area (Å²) < 4.78 is 0. The van der Waals surface area contributed by atoms with Crippen LogP contribution in [0.1, 0.15) is 67.9 Å². The summed E-state index contributed by atoms with van der Waals surface area (Å²) in [5.41, 5.74) is 5.02. The third-order valence-electron chi connectivity index (χ3n) is 7.06. The maximum atomic E-state index is 13.4. The molecule has 1 aromatic heterocycles. The second kappa shape index (κ2) is 14.9. The highest BCUT2D eigenvalue weighted by molar-refractivity contribution is 7.09. The molecule has 7 nitrogen and oxygen atoms in total. The molecule has 2 atom stereocenters. The molecular formula is C34H39N4O3S. The molecule has 2 amide bonds. The Morgan fingerprint density at radius 3 is 2.50 bits per heavy atom. The average Bonchev–Trinajstić information content (AvgIpc) is 3.41. The number of hydrogen-bond donors (Lipinski definition) is 3. The molecule has 0 aliphatic rings. The van der Waals surface area contributed by atoms with Crippen LogP contribution in [-0.4, -0.2) is 52.5 Å². The third-order valence-corrected chi connectivity index (χ3v) is 8.01. The van der Waals surface area contributed by atoms with E-state index in [2.05, 4.69) is 41.6 Å². The van der Waals surface area contributed by atoms with Crippen LogP contribution in [0.15, 0.2) is 78.2 Å². The van der Waals surface area contributed by atoms with E-state index in [0.717, 1.165) is 21.8 Å². The van der Waals surface area contributed by atoms with Crippen molar-refractivity contribution in [1.82, 2.24) is 20.5 Å². The lowest BCUT2D eigenvalue weighted by atomic mass is 9.99. The number of rotatable bonds is 13. The molecule has 0 fully saturated rings. The second-order valence-electron chi connectivity index (χ2n) is 10.9. The topological polar surface area (TPSA) is 94.6 Å². The van der Waals surface area contributed by atoms with Crippen LogP contribution in [0.2, 0.25) is 0 Å². The normalized spacial score (nSPS) is 12.6. The molecule has 8 heteroatoms. The van der Waals surface area contributed by atoms with E-state index in [4.69, 9.17) is 0 Å². The largest absolute Gasteiger partial charge is 0.390 e. The highest BCUT2D eigenvalue weighted by Crippen LogP contribution is 2.16. The van der Waals surface area contributed by atoms with Crippen LogP contribution in [0.4, 0.5) is 0 Å². The number of carbonyl (C=O) groups excluding carboxylic acids is 2.